The lowest BCUT2D eigenvalue weighted by molar-refractivity contribution is 0.0950. The Morgan fingerprint density at radius 3 is 2.10 bits per heavy atom. The van der Waals surface area contributed by atoms with Crippen LogP contribution in [0.4, 0.5) is 0 Å². The number of carbonyl (C=O) groups is 1. The summed E-state index contributed by atoms with van der Waals surface area (Å²) in [4.78, 5) is 17.0. The van der Waals surface area contributed by atoms with E-state index in [0.717, 1.165) is 38.0 Å². The number of nitrogens with one attached hydrogen (secondary N) is 1. The number of rotatable bonds is 3. The van der Waals surface area contributed by atoms with Crippen LogP contribution in [-0.4, -0.2) is 17.1 Å². The highest BCUT2D eigenvalue weighted by molar-refractivity contribution is 6.42. The Hall–Kier alpha value is -3.76. The van der Waals surface area contributed by atoms with E-state index in [9.17, 15) is 4.79 Å². The first-order valence-corrected chi connectivity index (χ1v) is 9.88. The zero-order valence-electron chi connectivity index (χ0n) is 15.8. The van der Waals surface area contributed by atoms with Crippen molar-refractivity contribution in [1.82, 2.24) is 10.4 Å². The molecule has 5 rings (SSSR count). The van der Waals surface area contributed by atoms with Crippen LogP contribution in [0, 0.1) is 0 Å². The Labute approximate surface area is 177 Å². The van der Waals surface area contributed by atoms with Gasteiger partial charge in [-0.15, -0.1) is 0 Å². The number of pyridine rings is 1. The molecule has 1 N–H and O–H groups in total. The zero-order chi connectivity index (χ0) is 20.5. The summed E-state index contributed by atoms with van der Waals surface area (Å²) in [6.45, 7) is 0. The summed E-state index contributed by atoms with van der Waals surface area (Å²) in [5, 5.41) is 9.76. The van der Waals surface area contributed by atoms with Gasteiger partial charge in [0.15, 0.2) is 0 Å². The molecule has 0 fully saturated rings. The van der Waals surface area contributed by atoms with Crippen LogP contribution in [0.25, 0.3) is 32.4 Å². The molecule has 1 aromatic heterocycles. The highest BCUT2D eigenvalue weighted by atomic mass is 35.5. The lowest BCUT2D eigenvalue weighted by atomic mass is 9.97. The maximum absolute atomic E-state index is 12.6. The summed E-state index contributed by atoms with van der Waals surface area (Å²) >= 11 is 6.64. The molecule has 144 valence electrons. The third-order valence-corrected chi connectivity index (χ3v) is 5.51. The molecule has 0 atom stereocenters. The Bertz CT molecular complexity index is 1400. The number of amides is 1. The van der Waals surface area contributed by atoms with E-state index in [1.165, 1.54) is 0 Å². The van der Waals surface area contributed by atoms with Crippen molar-refractivity contribution in [2.75, 3.05) is 0 Å². The SMILES string of the molecule is O=C(N/N=C\c1c2ccccc2c(Cl)c2ccccc12)c1ccc2ccccc2n1. The second-order valence-corrected chi connectivity index (χ2v) is 7.29. The molecule has 0 aliphatic carbocycles. The molecule has 1 amide bonds. The number of carbonyl (C=O) groups excluding carboxylic acids is 1. The van der Waals surface area contributed by atoms with E-state index in [1.807, 2.05) is 78.9 Å². The second-order valence-electron chi connectivity index (χ2n) is 6.91. The van der Waals surface area contributed by atoms with Crippen LogP contribution in [0.3, 0.4) is 0 Å². The average Bonchev–Trinajstić information content (AvgIpc) is 2.81. The summed E-state index contributed by atoms with van der Waals surface area (Å²) in [6.07, 6.45) is 1.67. The number of hydrogen-bond donors (Lipinski definition) is 1. The van der Waals surface area contributed by atoms with Crippen molar-refractivity contribution in [3.8, 4) is 0 Å². The monoisotopic (exact) mass is 409 g/mol. The van der Waals surface area contributed by atoms with Gasteiger partial charge in [-0.3, -0.25) is 4.79 Å². The van der Waals surface area contributed by atoms with Crippen molar-refractivity contribution >= 4 is 56.2 Å². The molecule has 5 heteroatoms. The van der Waals surface area contributed by atoms with Crippen LogP contribution >= 0.6 is 11.6 Å². The molecular formula is C25H16ClN3O. The van der Waals surface area contributed by atoms with Crippen molar-refractivity contribution in [2.45, 2.75) is 0 Å². The second kappa shape index (κ2) is 7.58. The molecule has 5 aromatic rings. The van der Waals surface area contributed by atoms with E-state index in [4.69, 9.17) is 11.6 Å². The Morgan fingerprint density at radius 2 is 1.40 bits per heavy atom. The quantitative estimate of drug-likeness (QED) is 0.227. The first-order chi connectivity index (χ1) is 14.7. The van der Waals surface area contributed by atoms with Crippen molar-refractivity contribution < 1.29 is 4.79 Å². The first kappa shape index (κ1) is 18.3. The molecule has 0 aliphatic heterocycles. The number of nitrogens with zero attached hydrogens (tertiary/aromatic N) is 2. The fourth-order valence-corrected chi connectivity index (χ4v) is 3.98. The normalized spacial score (nSPS) is 11.5. The van der Waals surface area contributed by atoms with Gasteiger partial charge in [0.2, 0.25) is 0 Å². The smallest absolute Gasteiger partial charge is 0.266 e. The van der Waals surface area contributed by atoms with Gasteiger partial charge >= 0.3 is 0 Å². The van der Waals surface area contributed by atoms with Gasteiger partial charge in [-0.1, -0.05) is 84.4 Å². The molecule has 0 aliphatic rings. The first-order valence-electron chi connectivity index (χ1n) is 9.50. The van der Waals surface area contributed by atoms with Gasteiger partial charge in [0.05, 0.1) is 16.8 Å². The summed E-state index contributed by atoms with van der Waals surface area (Å²) < 4.78 is 0. The third-order valence-electron chi connectivity index (χ3n) is 5.10. The van der Waals surface area contributed by atoms with Crippen molar-refractivity contribution in [1.29, 1.82) is 0 Å². The number of hydrogen-bond acceptors (Lipinski definition) is 3. The van der Waals surface area contributed by atoms with Crippen LogP contribution in [0.1, 0.15) is 16.1 Å². The maximum atomic E-state index is 12.6. The molecule has 1 heterocycles. The summed E-state index contributed by atoms with van der Waals surface area (Å²) in [5.41, 5.74) is 4.58. The molecule has 0 saturated carbocycles. The molecule has 4 nitrogen and oxygen atoms in total. The van der Waals surface area contributed by atoms with Gasteiger partial charge in [-0.25, -0.2) is 10.4 Å². The summed E-state index contributed by atoms with van der Waals surface area (Å²) in [5.74, 6) is -0.362. The fraction of sp³-hybridized carbons (Fsp3) is 0. The number of fused-ring (bicyclic) bond motifs is 3. The van der Waals surface area contributed by atoms with Gasteiger partial charge in [0.25, 0.3) is 5.91 Å². The number of benzene rings is 4. The van der Waals surface area contributed by atoms with Crippen molar-refractivity contribution in [3.05, 3.63) is 101 Å². The number of halogens is 1. The molecular weight excluding hydrogens is 394 g/mol. The van der Waals surface area contributed by atoms with Crippen LogP contribution in [0.5, 0.6) is 0 Å². The van der Waals surface area contributed by atoms with E-state index < -0.39 is 0 Å². The molecule has 0 radical (unpaired) electrons. The molecule has 0 spiro atoms. The van der Waals surface area contributed by atoms with Crippen LogP contribution in [0.15, 0.2) is 90.0 Å². The standard InChI is InChI=1S/C25H16ClN3O/c26-24-19-10-4-2-8-17(19)21(18-9-3-5-11-20(18)24)15-27-29-25(30)23-14-13-16-7-1-6-12-22(16)28-23/h1-15H,(H,29,30)/b27-15-. The minimum Gasteiger partial charge on any atom is -0.266 e. The van der Waals surface area contributed by atoms with Crippen LogP contribution in [0.2, 0.25) is 5.02 Å². The number of aromatic nitrogens is 1. The van der Waals surface area contributed by atoms with Crippen molar-refractivity contribution in [3.63, 3.8) is 0 Å². The third kappa shape index (κ3) is 3.17. The maximum Gasteiger partial charge on any atom is 0.289 e. The van der Waals surface area contributed by atoms with Crippen molar-refractivity contribution in [2.24, 2.45) is 5.10 Å². The van der Waals surface area contributed by atoms with E-state index in [1.54, 1.807) is 12.3 Å². The Morgan fingerprint density at radius 1 is 0.800 bits per heavy atom. The van der Waals surface area contributed by atoms with Gasteiger partial charge in [0, 0.05) is 21.7 Å². The average molecular weight is 410 g/mol. The molecule has 0 saturated heterocycles. The van der Waals surface area contributed by atoms with E-state index in [2.05, 4.69) is 15.5 Å². The Kier molecular flexibility index (Phi) is 4.62. The van der Waals surface area contributed by atoms with Gasteiger partial charge < -0.3 is 0 Å². The van der Waals surface area contributed by atoms with E-state index >= 15 is 0 Å². The minimum absolute atomic E-state index is 0.316. The van der Waals surface area contributed by atoms with E-state index in [-0.39, 0.29) is 5.91 Å². The highest BCUT2D eigenvalue weighted by Crippen LogP contribution is 2.35. The highest BCUT2D eigenvalue weighted by Gasteiger charge is 2.11. The topological polar surface area (TPSA) is 54.4 Å². The van der Waals surface area contributed by atoms with E-state index in [0.29, 0.717) is 10.7 Å². The minimum atomic E-state index is -0.362. The molecule has 4 aromatic carbocycles. The largest absolute Gasteiger partial charge is 0.289 e. The predicted molar refractivity (Wildman–Crippen MR) is 123 cm³/mol. The molecule has 0 bridgehead atoms. The van der Waals surface area contributed by atoms with Crippen LogP contribution in [-0.2, 0) is 0 Å². The van der Waals surface area contributed by atoms with Gasteiger partial charge in [-0.05, 0) is 22.9 Å². The molecule has 30 heavy (non-hydrogen) atoms. The predicted octanol–water partition coefficient (Wildman–Crippen LogP) is 5.96. The Balaban J connectivity index is 1.51. The van der Waals surface area contributed by atoms with Gasteiger partial charge in [0.1, 0.15) is 5.69 Å². The fourth-order valence-electron chi connectivity index (χ4n) is 3.65. The molecule has 0 unspecified atom stereocenters. The zero-order valence-corrected chi connectivity index (χ0v) is 16.6. The van der Waals surface area contributed by atoms with Gasteiger partial charge in [-0.2, -0.15) is 5.10 Å². The number of para-hydroxylation sites is 1. The lowest BCUT2D eigenvalue weighted by Gasteiger charge is -2.10. The summed E-state index contributed by atoms with van der Waals surface area (Å²) in [6, 6.07) is 27.0. The lowest BCUT2D eigenvalue weighted by Crippen LogP contribution is -2.19. The van der Waals surface area contributed by atoms with Crippen LogP contribution < -0.4 is 5.43 Å². The number of hydrazone groups is 1. The summed E-state index contributed by atoms with van der Waals surface area (Å²) in [7, 11) is 0.